The average Bonchev–Trinajstić information content (AvgIpc) is 2.14. The molecule has 0 aliphatic rings. The second kappa shape index (κ2) is 5.53. The molecule has 1 nitrogen and oxygen atoms in total. The largest absolute Gasteiger partial charge is 0.313 e. The van der Waals surface area contributed by atoms with E-state index in [9.17, 15) is 0 Å². The SMILES string of the molecule is CNC(CC(C)C)c1ccc(Cl)cc1C. The molecule has 0 bridgehead atoms. The highest BCUT2D eigenvalue weighted by Gasteiger charge is 2.13. The predicted octanol–water partition coefficient (Wildman–Crippen LogP) is 3.96. The molecule has 0 aromatic heterocycles. The first-order chi connectivity index (χ1) is 7.04. The van der Waals surface area contributed by atoms with E-state index in [4.69, 9.17) is 11.6 Å². The van der Waals surface area contributed by atoms with Crippen LogP contribution in [0, 0.1) is 12.8 Å². The topological polar surface area (TPSA) is 12.0 Å². The van der Waals surface area contributed by atoms with Crippen LogP contribution in [0.3, 0.4) is 0 Å². The number of rotatable bonds is 4. The molecular weight excluding hydrogens is 206 g/mol. The fourth-order valence-corrected chi connectivity index (χ4v) is 2.13. The zero-order valence-electron chi connectivity index (χ0n) is 9.97. The van der Waals surface area contributed by atoms with Crippen molar-refractivity contribution in [3.63, 3.8) is 0 Å². The quantitative estimate of drug-likeness (QED) is 0.818. The van der Waals surface area contributed by atoms with Crippen LogP contribution in [0.15, 0.2) is 18.2 Å². The van der Waals surface area contributed by atoms with Crippen molar-refractivity contribution in [3.8, 4) is 0 Å². The lowest BCUT2D eigenvalue weighted by Crippen LogP contribution is -2.19. The van der Waals surface area contributed by atoms with E-state index in [-0.39, 0.29) is 0 Å². The first kappa shape index (κ1) is 12.5. The van der Waals surface area contributed by atoms with E-state index in [1.54, 1.807) is 0 Å². The molecule has 1 aromatic rings. The third-order valence-electron chi connectivity index (χ3n) is 2.66. The second-order valence-electron chi connectivity index (χ2n) is 4.47. The molecule has 0 heterocycles. The average molecular weight is 226 g/mol. The maximum atomic E-state index is 5.95. The molecule has 1 unspecified atom stereocenters. The van der Waals surface area contributed by atoms with Crippen LogP contribution in [0.5, 0.6) is 0 Å². The molecule has 1 aromatic carbocycles. The van der Waals surface area contributed by atoms with Crippen LogP contribution in [-0.2, 0) is 0 Å². The van der Waals surface area contributed by atoms with Gasteiger partial charge in [0, 0.05) is 11.1 Å². The van der Waals surface area contributed by atoms with E-state index in [2.05, 4.69) is 32.2 Å². The van der Waals surface area contributed by atoms with Crippen molar-refractivity contribution in [1.29, 1.82) is 0 Å². The van der Waals surface area contributed by atoms with Gasteiger partial charge in [0.05, 0.1) is 0 Å². The number of aryl methyl sites for hydroxylation is 1. The Bertz CT molecular complexity index is 320. The molecule has 0 spiro atoms. The Labute approximate surface area is 97.8 Å². The van der Waals surface area contributed by atoms with Crippen molar-refractivity contribution in [3.05, 3.63) is 34.3 Å². The van der Waals surface area contributed by atoms with Crippen LogP contribution >= 0.6 is 11.6 Å². The standard InChI is InChI=1S/C13H20ClN/c1-9(2)7-13(15-4)12-6-5-11(14)8-10(12)3/h5-6,8-9,13,15H,7H2,1-4H3. The first-order valence-corrected chi connectivity index (χ1v) is 5.85. The third-order valence-corrected chi connectivity index (χ3v) is 2.90. The van der Waals surface area contributed by atoms with E-state index in [1.165, 1.54) is 11.1 Å². The van der Waals surface area contributed by atoms with Crippen molar-refractivity contribution in [2.45, 2.75) is 33.2 Å². The molecule has 0 saturated carbocycles. The lowest BCUT2D eigenvalue weighted by Gasteiger charge is -2.20. The maximum Gasteiger partial charge on any atom is 0.0408 e. The molecule has 84 valence electrons. The van der Waals surface area contributed by atoms with Crippen molar-refractivity contribution >= 4 is 11.6 Å². The van der Waals surface area contributed by atoms with E-state index < -0.39 is 0 Å². The first-order valence-electron chi connectivity index (χ1n) is 5.48. The summed E-state index contributed by atoms with van der Waals surface area (Å²) >= 11 is 5.95. The third kappa shape index (κ3) is 3.51. The molecule has 0 fully saturated rings. The van der Waals surface area contributed by atoms with Crippen molar-refractivity contribution in [1.82, 2.24) is 5.32 Å². The van der Waals surface area contributed by atoms with E-state index in [1.807, 2.05) is 19.2 Å². The Morgan fingerprint density at radius 3 is 2.47 bits per heavy atom. The van der Waals surface area contributed by atoms with Gasteiger partial charge in [-0.2, -0.15) is 0 Å². The number of hydrogen-bond donors (Lipinski definition) is 1. The molecule has 1 rings (SSSR count). The van der Waals surface area contributed by atoms with Gasteiger partial charge in [-0.15, -0.1) is 0 Å². The molecule has 0 aliphatic heterocycles. The lowest BCUT2D eigenvalue weighted by molar-refractivity contribution is 0.455. The smallest absolute Gasteiger partial charge is 0.0408 e. The Hall–Kier alpha value is -0.530. The zero-order valence-corrected chi connectivity index (χ0v) is 10.7. The van der Waals surface area contributed by atoms with Gasteiger partial charge in [-0.25, -0.2) is 0 Å². The molecule has 1 N–H and O–H groups in total. The Balaban J connectivity index is 2.91. The van der Waals surface area contributed by atoms with Crippen LogP contribution in [0.2, 0.25) is 5.02 Å². The summed E-state index contributed by atoms with van der Waals surface area (Å²) in [5.41, 5.74) is 2.62. The predicted molar refractivity (Wildman–Crippen MR) is 67.4 cm³/mol. The summed E-state index contributed by atoms with van der Waals surface area (Å²) in [6, 6.07) is 6.56. The Morgan fingerprint density at radius 1 is 1.33 bits per heavy atom. The normalized spacial score (nSPS) is 13.2. The Morgan fingerprint density at radius 2 is 2.00 bits per heavy atom. The van der Waals surface area contributed by atoms with Crippen LogP contribution in [0.4, 0.5) is 0 Å². The molecular formula is C13H20ClN. The summed E-state index contributed by atoms with van der Waals surface area (Å²) < 4.78 is 0. The molecule has 0 radical (unpaired) electrons. The van der Waals surface area contributed by atoms with E-state index in [0.29, 0.717) is 12.0 Å². The minimum Gasteiger partial charge on any atom is -0.313 e. The molecule has 15 heavy (non-hydrogen) atoms. The summed E-state index contributed by atoms with van der Waals surface area (Å²) in [5, 5.41) is 4.18. The number of nitrogens with one attached hydrogen (secondary N) is 1. The van der Waals surface area contributed by atoms with Gasteiger partial charge in [-0.1, -0.05) is 31.5 Å². The molecule has 0 saturated heterocycles. The molecule has 1 atom stereocenters. The number of halogens is 1. The lowest BCUT2D eigenvalue weighted by atomic mass is 9.94. The molecule has 0 amide bonds. The van der Waals surface area contributed by atoms with Crippen LogP contribution < -0.4 is 5.32 Å². The Kier molecular flexibility index (Phi) is 4.62. The fourth-order valence-electron chi connectivity index (χ4n) is 1.90. The van der Waals surface area contributed by atoms with Gasteiger partial charge in [0.1, 0.15) is 0 Å². The monoisotopic (exact) mass is 225 g/mol. The molecule has 2 heteroatoms. The second-order valence-corrected chi connectivity index (χ2v) is 4.91. The highest BCUT2D eigenvalue weighted by atomic mass is 35.5. The van der Waals surface area contributed by atoms with Gasteiger partial charge in [0.2, 0.25) is 0 Å². The highest BCUT2D eigenvalue weighted by molar-refractivity contribution is 6.30. The van der Waals surface area contributed by atoms with Crippen molar-refractivity contribution in [2.24, 2.45) is 5.92 Å². The minimum absolute atomic E-state index is 0.433. The van der Waals surface area contributed by atoms with Gasteiger partial charge in [-0.3, -0.25) is 0 Å². The van der Waals surface area contributed by atoms with E-state index >= 15 is 0 Å². The summed E-state index contributed by atoms with van der Waals surface area (Å²) in [4.78, 5) is 0. The van der Waals surface area contributed by atoms with Crippen LogP contribution in [0.25, 0.3) is 0 Å². The summed E-state index contributed by atoms with van der Waals surface area (Å²) in [6.45, 7) is 6.61. The van der Waals surface area contributed by atoms with Gasteiger partial charge in [-0.05, 0) is 49.6 Å². The summed E-state index contributed by atoms with van der Waals surface area (Å²) in [5.74, 6) is 0.692. The van der Waals surface area contributed by atoms with Gasteiger partial charge in [0.25, 0.3) is 0 Å². The van der Waals surface area contributed by atoms with Crippen LogP contribution in [-0.4, -0.2) is 7.05 Å². The van der Waals surface area contributed by atoms with E-state index in [0.717, 1.165) is 11.4 Å². The zero-order chi connectivity index (χ0) is 11.4. The van der Waals surface area contributed by atoms with Gasteiger partial charge < -0.3 is 5.32 Å². The van der Waals surface area contributed by atoms with Gasteiger partial charge in [0.15, 0.2) is 0 Å². The maximum absolute atomic E-state index is 5.95. The minimum atomic E-state index is 0.433. The summed E-state index contributed by atoms with van der Waals surface area (Å²) in [7, 11) is 2.01. The van der Waals surface area contributed by atoms with Crippen LogP contribution in [0.1, 0.15) is 37.4 Å². The fraction of sp³-hybridized carbons (Fsp3) is 0.538. The summed E-state index contributed by atoms with van der Waals surface area (Å²) in [6.07, 6.45) is 1.15. The van der Waals surface area contributed by atoms with Crippen molar-refractivity contribution < 1.29 is 0 Å². The number of benzene rings is 1. The van der Waals surface area contributed by atoms with Gasteiger partial charge >= 0.3 is 0 Å². The molecule has 0 aliphatic carbocycles. The highest BCUT2D eigenvalue weighted by Crippen LogP contribution is 2.25. The van der Waals surface area contributed by atoms with Crippen molar-refractivity contribution in [2.75, 3.05) is 7.05 Å². The number of hydrogen-bond acceptors (Lipinski definition) is 1.